The fourth-order valence-corrected chi connectivity index (χ4v) is 3.17. The normalized spacial score (nSPS) is 14.7. The van der Waals surface area contributed by atoms with Crippen molar-refractivity contribution in [2.75, 3.05) is 37.4 Å². The molecule has 0 aliphatic carbocycles. The minimum atomic E-state index is -0.983. The number of nitrogens with one attached hydrogen (secondary N) is 3. The number of hydrogen-bond donors (Lipinski definition) is 4. The van der Waals surface area contributed by atoms with Gasteiger partial charge in [-0.1, -0.05) is 13.0 Å². The second-order valence-corrected chi connectivity index (χ2v) is 7.56. The number of nitrogens with zero attached hydrogens (tertiary/aromatic N) is 3. The van der Waals surface area contributed by atoms with Crippen molar-refractivity contribution in [3.8, 4) is 11.5 Å². The first-order valence-corrected chi connectivity index (χ1v) is 10.1. The van der Waals surface area contributed by atoms with Gasteiger partial charge in [-0.3, -0.25) is 4.79 Å². The highest BCUT2D eigenvalue weighted by molar-refractivity contribution is 6.00. The van der Waals surface area contributed by atoms with Crippen LogP contribution in [0.4, 0.5) is 17.3 Å². The van der Waals surface area contributed by atoms with Crippen molar-refractivity contribution in [1.29, 1.82) is 0 Å². The van der Waals surface area contributed by atoms with Crippen LogP contribution in [0.25, 0.3) is 5.65 Å². The third-order valence-corrected chi connectivity index (χ3v) is 5.19. The van der Waals surface area contributed by atoms with Gasteiger partial charge in [0.15, 0.2) is 17.1 Å². The summed E-state index contributed by atoms with van der Waals surface area (Å²) in [4.78, 5) is 17.4. The molecule has 1 aromatic carbocycles. The third kappa shape index (κ3) is 4.19. The van der Waals surface area contributed by atoms with Crippen molar-refractivity contribution < 1.29 is 19.4 Å². The molecule has 3 aromatic rings. The zero-order valence-corrected chi connectivity index (χ0v) is 17.7. The summed E-state index contributed by atoms with van der Waals surface area (Å²) in [5.74, 6) is 2.08. The Kier molecular flexibility index (Phi) is 5.55. The summed E-state index contributed by atoms with van der Waals surface area (Å²) in [6, 6.07) is 7.37. The SMILES string of the molecule is CCC(C)(O)CNC(=O)c1cnn2c(NC)cc(Nc3cccc4c3OCCO4)nc12. The van der Waals surface area contributed by atoms with Gasteiger partial charge in [0.25, 0.3) is 5.91 Å². The van der Waals surface area contributed by atoms with Crippen LogP contribution in [0.15, 0.2) is 30.5 Å². The van der Waals surface area contributed by atoms with Crippen molar-refractivity contribution >= 4 is 28.9 Å². The van der Waals surface area contributed by atoms with E-state index in [0.717, 1.165) is 0 Å². The van der Waals surface area contributed by atoms with E-state index in [9.17, 15) is 9.90 Å². The molecule has 0 saturated carbocycles. The van der Waals surface area contributed by atoms with E-state index in [1.807, 2.05) is 25.1 Å². The highest BCUT2D eigenvalue weighted by Crippen LogP contribution is 2.38. The van der Waals surface area contributed by atoms with Crippen LogP contribution in [0.3, 0.4) is 0 Å². The number of carbonyl (C=O) groups excluding carboxylic acids is 1. The highest BCUT2D eigenvalue weighted by atomic mass is 16.6. The highest BCUT2D eigenvalue weighted by Gasteiger charge is 2.22. The van der Waals surface area contributed by atoms with Crippen LogP contribution < -0.4 is 25.4 Å². The molecule has 1 unspecified atom stereocenters. The Bertz CT molecular complexity index is 1110. The minimum Gasteiger partial charge on any atom is -0.486 e. The summed E-state index contributed by atoms with van der Waals surface area (Å²) < 4.78 is 12.9. The number of ether oxygens (including phenoxy) is 2. The quantitative estimate of drug-likeness (QED) is 0.454. The standard InChI is InChI=1S/C21H26N6O4/c1-4-21(2,29)12-23-20(28)13-11-24-27-17(22-3)10-16(26-19(13)27)25-14-6-5-7-15-18(14)31-9-8-30-15/h5-7,10-11,22,29H,4,8-9,12H2,1-3H3,(H,23,28)(H,25,26). The van der Waals surface area contributed by atoms with Gasteiger partial charge in [-0.25, -0.2) is 4.98 Å². The van der Waals surface area contributed by atoms with Crippen LogP contribution in [0, 0.1) is 0 Å². The summed E-state index contributed by atoms with van der Waals surface area (Å²) in [6.07, 6.45) is 1.98. The minimum absolute atomic E-state index is 0.129. The topological polar surface area (TPSA) is 122 Å². The molecule has 0 saturated heterocycles. The van der Waals surface area contributed by atoms with Gasteiger partial charge in [-0.15, -0.1) is 0 Å². The van der Waals surface area contributed by atoms with E-state index in [4.69, 9.17) is 9.47 Å². The fourth-order valence-electron chi connectivity index (χ4n) is 3.17. The van der Waals surface area contributed by atoms with Crippen molar-refractivity contribution in [2.24, 2.45) is 0 Å². The Labute approximate surface area is 179 Å². The second kappa shape index (κ2) is 8.31. The molecule has 4 N–H and O–H groups in total. The number of aliphatic hydroxyl groups is 1. The molecule has 31 heavy (non-hydrogen) atoms. The number of hydrogen-bond acceptors (Lipinski definition) is 8. The number of benzene rings is 1. The molecule has 164 valence electrons. The van der Waals surface area contributed by atoms with Gasteiger partial charge in [-0.05, 0) is 25.5 Å². The predicted octanol–water partition coefficient (Wildman–Crippen LogP) is 2.18. The molecule has 3 heterocycles. The zero-order chi connectivity index (χ0) is 22.0. The fraction of sp³-hybridized carbons (Fsp3) is 0.381. The zero-order valence-electron chi connectivity index (χ0n) is 17.7. The lowest BCUT2D eigenvalue weighted by Crippen LogP contribution is -2.40. The van der Waals surface area contributed by atoms with E-state index in [-0.39, 0.29) is 12.5 Å². The molecule has 2 aromatic heterocycles. The number of para-hydroxylation sites is 1. The Balaban J connectivity index is 1.67. The largest absolute Gasteiger partial charge is 0.486 e. The number of aromatic nitrogens is 3. The lowest BCUT2D eigenvalue weighted by atomic mass is 10.0. The number of amides is 1. The summed E-state index contributed by atoms with van der Waals surface area (Å²) in [5, 5.41) is 23.5. The molecule has 1 atom stereocenters. The average molecular weight is 426 g/mol. The van der Waals surface area contributed by atoms with Gasteiger partial charge in [0.05, 0.1) is 17.5 Å². The first-order chi connectivity index (χ1) is 14.9. The Morgan fingerprint density at radius 2 is 2.13 bits per heavy atom. The van der Waals surface area contributed by atoms with Gasteiger partial charge in [0.1, 0.15) is 30.4 Å². The Morgan fingerprint density at radius 3 is 2.90 bits per heavy atom. The lowest BCUT2D eigenvalue weighted by molar-refractivity contribution is 0.0518. The number of anilines is 3. The first kappa shape index (κ1) is 20.7. The molecule has 1 aliphatic heterocycles. The second-order valence-electron chi connectivity index (χ2n) is 7.56. The predicted molar refractivity (Wildman–Crippen MR) is 116 cm³/mol. The van der Waals surface area contributed by atoms with Crippen molar-refractivity contribution in [2.45, 2.75) is 25.9 Å². The smallest absolute Gasteiger partial charge is 0.256 e. The van der Waals surface area contributed by atoms with E-state index in [1.165, 1.54) is 6.20 Å². The summed E-state index contributed by atoms with van der Waals surface area (Å²) in [6.45, 7) is 4.63. The van der Waals surface area contributed by atoms with Gasteiger partial charge in [0.2, 0.25) is 0 Å². The molecular weight excluding hydrogens is 400 g/mol. The molecule has 0 bridgehead atoms. The van der Waals surface area contributed by atoms with Crippen LogP contribution in [0.2, 0.25) is 0 Å². The van der Waals surface area contributed by atoms with Gasteiger partial charge >= 0.3 is 0 Å². The molecule has 1 aliphatic rings. The monoisotopic (exact) mass is 426 g/mol. The Hall–Kier alpha value is -3.53. The van der Waals surface area contributed by atoms with Crippen LogP contribution in [-0.4, -0.2) is 58.0 Å². The molecule has 4 rings (SSSR count). The van der Waals surface area contributed by atoms with Crippen molar-refractivity contribution in [3.63, 3.8) is 0 Å². The molecule has 0 radical (unpaired) electrons. The number of rotatable bonds is 7. The molecule has 0 spiro atoms. The first-order valence-electron chi connectivity index (χ1n) is 10.1. The van der Waals surface area contributed by atoms with E-state index in [2.05, 4.69) is 26.0 Å². The maximum atomic E-state index is 12.8. The molecular formula is C21H26N6O4. The van der Waals surface area contributed by atoms with E-state index in [0.29, 0.717) is 59.7 Å². The van der Waals surface area contributed by atoms with Crippen LogP contribution in [0.1, 0.15) is 30.6 Å². The Morgan fingerprint density at radius 1 is 1.32 bits per heavy atom. The molecule has 10 heteroatoms. The van der Waals surface area contributed by atoms with Gasteiger partial charge in [0, 0.05) is 19.7 Å². The maximum Gasteiger partial charge on any atom is 0.256 e. The number of carbonyl (C=O) groups is 1. The van der Waals surface area contributed by atoms with Crippen LogP contribution >= 0.6 is 0 Å². The van der Waals surface area contributed by atoms with Crippen LogP contribution in [-0.2, 0) is 0 Å². The van der Waals surface area contributed by atoms with E-state index in [1.54, 1.807) is 24.6 Å². The van der Waals surface area contributed by atoms with E-state index < -0.39 is 5.60 Å². The molecule has 1 amide bonds. The maximum absolute atomic E-state index is 12.8. The lowest BCUT2D eigenvalue weighted by Gasteiger charge is -2.21. The van der Waals surface area contributed by atoms with Crippen LogP contribution in [0.5, 0.6) is 11.5 Å². The van der Waals surface area contributed by atoms with Crippen molar-refractivity contribution in [1.82, 2.24) is 19.9 Å². The summed E-state index contributed by atoms with van der Waals surface area (Å²) in [7, 11) is 1.76. The summed E-state index contributed by atoms with van der Waals surface area (Å²) >= 11 is 0. The van der Waals surface area contributed by atoms with E-state index >= 15 is 0 Å². The average Bonchev–Trinajstić information content (AvgIpc) is 3.21. The van der Waals surface area contributed by atoms with Crippen molar-refractivity contribution in [3.05, 3.63) is 36.0 Å². The number of fused-ring (bicyclic) bond motifs is 2. The molecule has 10 nitrogen and oxygen atoms in total. The summed E-state index contributed by atoms with van der Waals surface area (Å²) in [5.41, 5.74) is 0.413. The van der Waals surface area contributed by atoms with Gasteiger partial charge < -0.3 is 30.5 Å². The third-order valence-electron chi connectivity index (χ3n) is 5.19. The molecule has 0 fully saturated rings. The van der Waals surface area contributed by atoms with Gasteiger partial charge in [-0.2, -0.15) is 9.61 Å².